The van der Waals surface area contributed by atoms with Gasteiger partial charge in [-0.2, -0.15) is 4.98 Å². The summed E-state index contributed by atoms with van der Waals surface area (Å²) in [7, 11) is 0. The highest BCUT2D eigenvalue weighted by Gasteiger charge is 1.91. The van der Waals surface area contributed by atoms with E-state index in [1.165, 1.54) is 0 Å². The molecular formula is C5H5N2O. The molecule has 0 fully saturated rings. The summed E-state index contributed by atoms with van der Waals surface area (Å²) in [5.41, 5.74) is 0. The van der Waals surface area contributed by atoms with Crippen molar-refractivity contribution in [3.8, 4) is 0 Å². The highest BCUT2D eigenvalue weighted by molar-refractivity contribution is 4.83. The van der Waals surface area contributed by atoms with E-state index in [0.29, 0.717) is 12.3 Å². The van der Waals surface area contributed by atoms with Crippen LogP contribution in [0.25, 0.3) is 0 Å². The van der Waals surface area contributed by atoms with Crippen LogP contribution in [0.4, 0.5) is 0 Å². The molecule has 0 aliphatic carbocycles. The fourth-order valence-corrected chi connectivity index (χ4v) is 0.376. The van der Waals surface area contributed by atoms with Crippen LogP contribution in [0, 0.1) is 6.33 Å². The fourth-order valence-electron chi connectivity index (χ4n) is 0.376. The quantitative estimate of drug-likeness (QED) is 0.522. The summed E-state index contributed by atoms with van der Waals surface area (Å²) in [6, 6.07) is 0. The Morgan fingerprint density at radius 1 is 1.88 bits per heavy atom. The molecule has 1 heterocycles. The van der Waals surface area contributed by atoms with Crippen molar-refractivity contribution in [1.82, 2.24) is 10.1 Å². The molecule has 0 N–H and O–H groups in total. The third-order valence-corrected chi connectivity index (χ3v) is 0.686. The van der Waals surface area contributed by atoms with E-state index in [2.05, 4.69) is 27.6 Å². The van der Waals surface area contributed by atoms with Gasteiger partial charge in [0.25, 0.3) is 0 Å². The Labute approximate surface area is 47.0 Å². The Morgan fingerprint density at radius 2 is 2.75 bits per heavy atom. The van der Waals surface area contributed by atoms with Gasteiger partial charge < -0.3 is 4.52 Å². The van der Waals surface area contributed by atoms with Gasteiger partial charge in [0.2, 0.25) is 12.2 Å². The second-order valence-electron chi connectivity index (χ2n) is 1.28. The summed E-state index contributed by atoms with van der Waals surface area (Å²) < 4.78 is 4.59. The molecule has 0 aliphatic rings. The van der Waals surface area contributed by atoms with Crippen molar-refractivity contribution in [1.29, 1.82) is 0 Å². The normalized spacial score (nSPS) is 9.00. The van der Waals surface area contributed by atoms with E-state index >= 15 is 0 Å². The van der Waals surface area contributed by atoms with Crippen LogP contribution in [-0.2, 0) is 6.42 Å². The average molecular weight is 109 g/mol. The first kappa shape index (κ1) is 5.03. The molecule has 8 heavy (non-hydrogen) atoms. The van der Waals surface area contributed by atoms with Gasteiger partial charge in [-0.1, -0.05) is 11.2 Å². The van der Waals surface area contributed by atoms with E-state index in [-0.39, 0.29) is 0 Å². The molecule has 0 saturated heterocycles. The number of hydrogen-bond acceptors (Lipinski definition) is 3. The SMILES string of the molecule is C=CCc1n[c]no1. The van der Waals surface area contributed by atoms with E-state index in [1.807, 2.05) is 0 Å². The minimum Gasteiger partial charge on any atom is -0.339 e. The minimum atomic E-state index is 0.556. The first-order chi connectivity index (χ1) is 3.93. The van der Waals surface area contributed by atoms with Crippen LogP contribution in [0.1, 0.15) is 5.89 Å². The van der Waals surface area contributed by atoms with Gasteiger partial charge in [-0.05, 0) is 0 Å². The van der Waals surface area contributed by atoms with Gasteiger partial charge in [0, 0.05) is 6.42 Å². The molecule has 0 unspecified atom stereocenters. The largest absolute Gasteiger partial charge is 0.339 e. The lowest BCUT2D eigenvalue weighted by Crippen LogP contribution is -1.75. The van der Waals surface area contributed by atoms with Crippen LogP contribution in [-0.4, -0.2) is 10.1 Å². The Kier molecular flexibility index (Phi) is 1.42. The van der Waals surface area contributed by atoms with E-state index in [1.54, 1.807) is 6.08 Å². The standard InChI is InChI=1S/C5H5N2O/c1-2-3-5-6-4-7-8-5/h2H,1,3H2. The van der Waals surface area contributed by atoms with Crippen LogP contribution in [0.5, 0.6) is 0 Å². The van der Waals surface area contributed by atoms with E-state index in [4.69, 9.17) is 0 Å². The van der Waals surface area contributed by atoms with Crippen molar-refractivity contribution in [2.45, 2.75) is 6.42 Å². The maximum atomic E-state index is 4.59. The van der Waals surface area contributed by atoms with Crippen LogP contribution >= 0.6 is 0 Å². The number of hydrogen-bond donors (Lipinski definition) is 0. The summed E-state index contributed by atoms with van der Waals surface area (Å²) in [6.45, 7) is 3.49. The molecule has 0 atom stereocenters. The van der Waals surface area contributed by atoms with Crippen molar-refractivity contribution in [2.24, 2.45) is 0 Å². The van der Waals surface area contributed by atoms with Gasteiger partial charge in [-0.15, -0.1) is 6.58 Å². The summed E-state index contributed by atoms with van der Waals surface area (Å²) >= 11 is 0. The molecular weight excluding hydrogens is 104 g/mol. The maximum absolute atomic E-state index is 4.59. The van der Waals surface area contributed by atoms with Crippen molar-refractivity contribution >= 4 is 0 Å². The zero-order valence-electron chi connectivity index (χ0n) is 4.29. The highest BCUT2D eigenvalue weighted by atomic mass is 16.5. The molecule has 1 radical (unpaired) electrons. The van der Waals surface area contributed by atoms with Crippen molar-refractivity contribution in [3.05, 3.63) is 24.9 Å². The predicted molar refractivity (Wildman–Crippen MR) is 27.0 cm³/mol. The summed E-state index contributed by atoms with van der Waals surface area (Å²) in [5, 5.41) is 3.28. The molecule has 0 aliphatic heterocycles. The number of rotatable bonds is 2. The lowest BCUT2D eigenvalue weighted by Gasteiger charge is -1.77. The average Bonchev–Trinajstić information content (AvgIpc) is 2.19. The summed E-state index contributed by atoms with van der Waals surface area (Å²) in [4.78, 5) is 3.63. The first-order valence-corrected chi connectivity index (χ1v) is 2.23. The maximum Gasteiger partial charge on any atom is 0.243 e. The van der Waals surface area contributed by atoms with Gasteiger partial charge in [0.1, 0.15) is 0 Å². The third-order valence-electron chi connectivity index (χ3n) is 0.686. The molecule has 1 aromatic rings. The molecule has 0 spiro atoms. The van der Waals surface area contributed by atoms with E-state index < -0.39 is 0 Å². The van der Waals surface area contributed by atoms with Crippen LogP contribution in [0.15, 0.2) is 17.2 Å². The molecule has 1 rings (SSSR count). The predicted octanol–water partition coefficient (Wildman–Crippen LogP) is 0.598. The summed E-state index contributed by atoms with van der Waals surface area (Å²) in [5.74, 6) is 0.556. The molecule has 0 bridgehead atoms. The summed E-state index contributed by atoms with van der Waals surface area (Å²) in [6.07, 6.45) is 4.62. The Balaban J connectivity index is 2.62. The molecule has 41 valence electrons. The van der Waals surface area contributed by atoms with Crippen molar-refractivity contribution in [2.75, 3.05) is 0 Å². The molecule has 0 saturated carbocycles. The number of allylic oxidation sites excluding steroid dienone is 1. The fraction of sp³-hybridized carbons (Fsp3) is 0.200. The Hall–Kier alpha value is -1.12. The van der Waals surface area contributed by atoms with Crippen LogP contribution in [0.3, 0.4) is 0 Å². The van der Waals surface area contributed by atoms with Gasteiger partial charge in [0.15, 0.2) is 0 Å². The van der Waals surface area contributed by atoms with Crippen LogP contribution < -0.4 is 0 Å². The first-order valence-electron chi connectivity index (χ1n) is 2.23. The molecule has 0 aromatic carbocycles. The topological polar surface area (TPSA) is 38.9 Å². The zero-order chi connectivity index (χ0) is 5.82. The Bertz CT molecular complexity index is 157. The second kappa shape index (κ2) is 2.26. The zero-order valence-corrected chi connectivity index (χ0v) is 4.29. The van der Waals surface area contributed by atoms with Gasteiger partial charge in [0.05, 0.1) is 0 Å². The van der Waals surface area contributed by atoms with Crippen LogP contribution in [0.2, 0.25) is 0 Å². The monoisotopic (exact) mass is 109 g/mol. The van der Waals surface area contributed by atoms with Crippen molar-refractivity contribution < 1.29 is 4.52 Å². The van der Waals surface area contributed by atoms with Gasteiger partial charge in [-0.25, -0.2) is 0 Å². The van der Waals surface area contributed by atoms with E-state index in [0.717, 1.165) is 0 Å². The molecule has 1 aromatic heterocycles. The van der Waals surface area contributed by atoms with E-state index in [9.17, 15) is 0 Å². The minimum absolute atomic E-state index is 0.556. The highest BCUT2D eigenvalue weighted by Crippen LogP contribution is 1.90. The smallest absolute Gasteiger partial charge is 0.243 e. The lowest BCUT2D eigenvalue weighted by molar-refractivity contribution is 0.384. The molecule has 3 nitrogen and oxygen atoms in total. The van der Waals surface area contributed by atoms with Gasteiger partial charge >= 0.3 is 0 Å². The van der Waals surface area contributed by atoms with Crippen molar-refractivity contribution in [3.63, 3.8) is 0 Å². The van der Waals surface area contributed by atoms with Gasteiger partial charge in [-0.3, -0.25) is 0 Å². The number of aromatic nitrogens is 2. The second-order valence-corrected chi connectivity index (χ2v) is 1.28. The molecule has 0 amide bonds. The third kappa shape index (κ3) is 0.932. The number of nitrogens with zero attached hydrogens (tertiary/aromatic N) is 2. The Morgan fingerprint density at radius 3 is 3.25 bits per heavy atom. The molecule has 3 heteroatoms. The lowest BCUT2D eigenvalue weighted by atomic mass is 10.4.